The van der Waals surface area contributed by atoms with E-state index in [0.717, 1.165) is 17.9 Å². The molecule has 116 valence electrons. The van der Waals surface area contributed by atoms with E-state index in [4.69, 9.17) is 0 Å². The van der Waals surface area contributed by atoms with Crippen LogP contribution in [0.25, 0.3) is 5.69 Å². The van der Waals surface area contributed by atoms with Gasteiger partial charge in [-0.15, -0.1) is 0 Å². The lowest BCUT2D eigenvalue weighted by Crippen LogP contribution is -2.33. The lowest BCUT2D eigenvalue weighted by molar-refractivity contribution is -0.127. The summed E-state index contributed by atoms with van der Waals surface area (Å²) in [7, 11) is 3.63. The van der Waals surface area contributed by atoms with Gasteiger partial charge in [0.2, 0.25) is 5.91 Å². The largest absolute Gasteiger partial charge is 0.368 e. The van der Waals surface area contributed by atoms with E-state index in [1.165, 1.54) is 0 Å². The number of carbonyl (C=O) groups is 1. The summed E-state index contributed by atoms with van der Waals surface area (Å²) >= 11 is 0. The highest BCUT2D eigenvalue weighted by Crippen LogP contribution is 2.18. The lowest BCUT2D eigenvalue weighted by atomic mass is 10.2. The van der Waals surface area contributed by atoms with E-state index in [-0.39, 0.29) is 17.5 Å². The summed E-state index contributed by atoms with van der Waals surface area (Å²) in [6, 6.07) is 9.16. The highest BCUT2D eigenvalue weighted by Gasteiger charge is 2.30. The second-order valence-electron chi connectivity index (χ2n) is 5.68. The first kappa shape index (κ1) is 14.4. The number of nitrogens with one attached hydrogen (secondary N) is 1. The number of likely N-dealkylation sites (tertiary alicyclic amines) is 1. The fourth-order valence-corrected chi connectivity index (χ4v) is 2.87. The molecule has 6 heteroatoms. The summed E-state index contributed by atoms with van der Waals surface area (Å²) < 4.78 is 3.42. The Bertz CT molecular complexity index is 760. The van der Waals surface area contributed by atoms with E-state index in [9.17, 15) is 9.59 Å². The van der Waals surface area contributed by atoms with Crippen LogP contribution < -0.4 is 10.9 Å². The highest BCUT2D eigenvalue weighted by atomic mass is 16.2. The minimum absolute atomic E-state index is 0.0360. The highest BCUT2D eigenvalue weighted by molar-refractivity contribution is 5.86. The Hall–Kier alpha value is -2.50. The molecule has 6 nitrogen and oxygen atoms in total. The van der Waals surface area contributed by atoms with Crippen molar-refractivity contribution in [2.45, 2.75) is 19.4 Å². The van der Waals surface area contributed by atoms with Gasteiger partial charge in [-0.05, 0) is 25.5 Å². The van der Waals surface area contributed by atoms with E-state index in [0.29, 0.717) is 12.1 Å². The van der Waals surface area contributed by atoms with Gasteiger partial charge < -0.3 is 10.2 Å². The van der Waals surface area contributed by atoms with Gasteiger partial charge in [0.1, 0.15) is 11.7 Å². The van der Waals surface area contributed by atoms with Crippen molar-refractivity contribution in [1.29, 1.82) is 0 Å². The molecule has 0 spiro atoms. The van der Waals surface area contributed by atoms with Crippen molar-refractivity contribution in [3.8, 4) is 5.69 Å². The average Bonchev–Trinajstić information content (AvgIpc) is 2.94. The van der Waals surface area contributed by atoms with Crippen molar-refractivity contribution in [2.24, 2.45) is 7.05 Å². The summed E-state index contributed by atoms with van der Waals surface area (Å²) in [6.45, 7) is 2.60. The average molecular weight is 300 g/mol. The molecular formula is C16H20N4O2. The van der Waals surface area contributed by atoms with Gasteiger partial charge in [-0.25, -0.2) is 4.68 Å². The van der Waals surface area contributed by atoms with Crippen LogP contribution in [0, 0.1) is 6.92 Å². The normalized spacial score (nSPS) is 18.0. The number of benzene rings is 1. The number of para-hydroxylation sites is 1. The molecule has 0 bridgehead atoms. The zero-order valence-electron chi connectivity index (χ0n) is 13.0. The monoisotopic (exact) mass is 300 g/mol. The Balaban J connectivity index is 2.00. The second kappa shape index (κ2) is 5.36. The molecule has 0 radical (unpaired) electrons. The predicted octanol–water partition coefficient (Wildman–Crippen LogP) is 1.13. The maximum absolute atomic E-state index is 12.7. The molecular weight excluding hydrogens is 280 g/mol. The van der Waals surface area contributed by atoms with E-state index in [1.54, 1.807) is 16.6 Å². The third-order valence-corrected chi connectivity index (χ3v) is 4.30. The van der Waals surface area contributed by atoms with Crippen LogP contribution in [-0.4, -0.2) is 39.8 Å². The maximum atomic E-state index is 12.7. The molecule has 0 aliphatic carbocycles. The van der Waals surface area contributed by atoms with E-state index >= 15 is 0 Å². The molecule has 1 aliphatic heterocycles. The number of rotatable bonds is 3. The van der Waals surface area contributed by atoms with E-state index in [2.05, 4.69) is 5.32 Å². The van der Waals surface area contributed by atoms with Gasteiger partial charge in [-0.3, -0.25) is 14.3 Å². The standard InChI is InChI=1S/C16H20N4O2/c1-11-14(17-13-9-10-18(2)15(13)21)16(22)20(19(11)3)12-7-5-4-6-8-12/h4-8,13,17H,9-10H2,1-3H3/t13-/m0/s1. The first-order valence-electron chi connectivity index (χ1n) is 7.36. The molecule has 0 saturated carbocycles. The quantitative estimate of drug-likeness (QED) is 0.924. The number of aromatic nitrogens is 2. The van der Waals surface area contributed by atoms with Gasteiger partial charge in [0, 0.05) is 20.6 Å². The van der Waals surface area contributed by atoms with Crippen molar-refractivity contribution < 1.29 is 4.79 Å². The van der Waals surface area contributed by atoms with Crippen molar-refractivity contribution in [3.05, 3.63) is 46.4 Å². The molecule has 2 heterocycles. The smallest absolute Gasteiger partial charge is 0.295 e. The van der Waals surface area contributed by atoms with Crippen LogP contribution in [-0.2, 0) is 11.8 Å². The number of hydrogen-bond donors (Lipinski definition) is 1. The van der Waals surface area contributed by atoms with E-state index in [1.807, 2.05) is 49.0 Å². The number of carbonyl (C=O) groups excluding carboxylic acids is 1. The number of nitrogens with zero attached hydrogens (tertiary/aromatic N) is 3. The van der Waals surface area contributed by atoms with Crippen LogP contribution in [0.5, 0.6) is 0 Å². The van der Waals surface area contributed by atoms with Crippen LogP contribution in [0.3, 0.4) is 0 Å². The van der Waals surface area contributed by atoms with E-state index < -0.39 is 0 Å². The Morgan fingerprint density at radius 1 is 1.14 bits per heavy atom. The third kappa shape index (κ3) is 2.20. The maximum Gasteiger partial charge on any atom is 0.295 e. The minimum Gasteiger partial charge on any atom is -0.368 e. The minimum atomic E-state index is -0.317. The van der Waals surface area contributed by atoms with Crippen LogP contribution in [0.2, 0.25) is 0 Å². The zero-order valence-corrected chi connectivity index (χ0v) is 13.0. The van der Waals surface area contributed by atoms with Gasteiger partial charge in [0.15, 0.2) is 0 Å². The van der Waals surface area contributed by atoms with Crippen molar-refractivity contribution in [1.82, 2.24) is 14.3 Å². The Morgan fingerprint density at radius 2 is 1.82 bits per heavy atom. The van der Waals surface area contributed by atoms with Gasteiger partial charge in [0.25, 0.3) is 5.56 Å². The van der Waals surface area contributed by atoms with Crippen molar-refractivity contribution in [3.63, 3.8) is 0 Å². The van der Waals surface area contributed by atoms with Crippen LogP contribution >= 0.6 is 0 Å². The molecule has 1 N–H and O–H groups in total. The molecule has 1 amide bonds. The Morgan fingerprint density at radius 3 is 2.41 bits per heavy atom. The number of likely N-dealkylation sites (N-methyl/N-ethyl adjacent to an activating group) is 1. The summed E-state index contributed by atoms with van der Waals surface area (Å²) in [6.07, 6.45) is 0.717. The van der Waals surface area contributed by atoms with Gasteiger partial charge in [0.05, 0.1) is 11.4 Å². The lowest BCUT2D eigenvalue weighted by Gasteiger charge is -2.12. The summed E-state index contributed by atoms with van der Waals surface area (Å²) in [4.78, 5) is 26.5. The molecule has 3 rings (SSSR count). The number of hydrogen-bond acceptors (Lipinski definition) is 3. The fourth-order valence-electron chi connectivity index (χ4n) is 2.87. The van der Waals surface area contributed by atoms with Crippen molar-refractivity contribution >= 4 is 11.6 Å². The predicted molar refractivity (Wildman–Crippen MR) is 85.4 cm³/mol. The second-order valence-corrected chi connectivity index (χ2v) is 5.68. The topological polar surface area (TPSA) is 59.3 Å². The molecule has 22 heavy (non-hydrogen) atoms. The number of anilines is 1. The molecule has 1 aliphatic rings. The van der Waals surface area contributed by atoms with Crippen LogP contribution in [0.15, 0.2) is 35.1 Å². The van der Waals surface area contributed by atoms with Gasteiger partial charge in [-0.1, -0.05) is 18.2 Å². The third-order valence-electron chi connectivity index (χ3n) is 4.30. The van der Waals surface area contributed by atoms with Crippen molar-refractivity contribution in [2.75, 3.05) is 18.9 Å². The zero-order chi connectivity index (χ0) is 15.9. The summed E-state index contributed by atoms with van der Waals surface area (Å²) in [5.74, 6) is 0.0360. The molecule has 1 aromatic carbocycles. The Kier molecular flexibility index (Phi) is 3.52. The molecule has 1 saturated heterocycles. The fraction of sp³-hybridized carbons (Fsp3) is 0.375. The van der Waals surface area contributed by atoms with Crippen LogP contribution in [0.1, 0.15) is 12.1 Å². The molecule has 1 fully saturated rings. The van der Waals surface area contributed by atoms with Gasteiger partial charge >= 0.3 is 0 Å². The molecule has 1 aromatic heterocycles. The molecule has 2 aromatic rings. The summed E-state index contributed by atoms with van der Waals surface area (Å²) in [5, 5.41) is 3.14. The SMILES string of the molecule is Cc1c(N[C@H]2CCN(C)C2=O)c(=O)n(-c2ccccc2)n1C. The van der Waals surface area contributed by atoms with Crippen LogP contribution in [0.4, 0.5) is 5.69 Å². The van der Waals surface area contributed by atoms with Gasteiger partial charge in [-0.2, -0.15) is 0 Å². The number of amides is 1. The Labute approximate surface area is 128 Å². The summed E-state index contributed by atoms with van der Waals surface area (Å²) in [5.41, 5.74) is 1.99. The molecule has 1 atom stereocenters. The molecule has 0 unspecified atom stereocenters. The first-order chi connectivity index (χ1) is 10.5. The first-order valence-corrected chi connectivity index (χ1v) is 7.36.